The van der Waals surface area contributed by atoms with Gasteiger partial charge in [0.05, 0.1) is 0 Å². The summed E-state index contributed by atoms with van der Waals surface area (Å²) in [6.45, 7) is 5.82. The molecule has 1 aromatic rings. The molecule has 1 atom stereocenters. The quantitative estimate of drug-likeness (QED) is 0.0890. The number of para-hydroxylation sites is 1. The van der Waals surface area contributed by atoms with Gasteiger partial charge in [0.15, 0.2) is 0 Å². The van der Waals surface area contributed by atoms with Crippen molar-refractivity contribution in [2.45, 2.75) is 193 Å². The van der Waals surface area contributed by atoms with Gasteiger partial charge in [0, 0.05) is 24.6 Å². The van der Waals surface area contributed by atoms with Crippen molar-refractivity contribution in [1.29, 1.82) is 0 Å². The van der Waals surface area contributed by atoms with Crippen LogP contribution in [-0.2, 0) is 0 Å². The first-order chi connectivity index (χ1) is 20.4. The van der Waals surface area contributed by atoms with Gasteiger partial charge in [0.1, 0.15) is 6.17 Å². The van der Waals surface area contributed by atoms with Crippen LogP contribution in [-0.4, -0.2) is 17.6 Å². The highest BCUT2D eigenvalue weighted by molar-refractivity contribution is 5.51. The maximum atomic E-state index is 2.64. The topological polar surface area (TPSA) is 6.48 Å². The van der Waals surface area contributed by atoms with E-state index >= 15 is 0 Å². The third-order valence-corrected chi connectivity index (χ3v) is 9.26. The SMILES string of the molecule is CCCCCCCCCCCCCCCCN1C=CN(c2ccccc2)C1CCCCCCCCCCCCCC. The van der Waals surface area contributed by atoms with Gasteiger partial charge in [-0.2, -0.15) is 0 Å². The van der Waals surface area contributed by atoms with Crippen molar-refractivity contribution >= 4 is 5.69 Å². The molecule has 0 aliphatic carbocycles. The second-order valence-electron chi connectivity index (χ2n) is 13.0. The summed E-state index contributed by atoms with van der Waals surface area (Å²) in [6.07, 6.45) is 43.6. The lowest BCUT2D eigenvalue weighted by molar-refractivity contribution is 0.273. The van der Waals surface area contributed by atoms with Crippen LogP contribution >= 0.6 is 0 Å². The second kappa shape index (κ2) is 26.2. The zero-order chi connectivity index (χ0) is 29.1. The van der Waals surface area contributed by atoms with Crippen LogP contribution < -0.4 is 4.90 Å². The number of nitrogens with zero attached hydrogens (tertiary/aromatic N) is 2. The van der Waals surface area contributed by atoms with E-state index in [4.69, 9.17) is 0 Å². The molecule has 0 saturated carbocycles. The van der Waals surface area contributed by atoms with E-state index in [1.54, 1.807) is 0 Å². The van der Waals surface area contributed by atoms with Gasteiger partial charge in [0.25, 0.3) is 0 Å². The molecule has 0 amide bonds. The largest absolute Gasteiger partial charge is 0.356 e. The number of hydrogen-bond donors (Lipinski definition) is 0. The number of benzene rings is 1. The summed E-state index contributed by atoms with van der Waals surface area (Å²) < 4.78 is 0. The lowest BCUT2D eigenvalue weighted by atomic mass is 10.0. The molecule has 0 spiro atoms. The molecule has 2 nitrogen and oxygen atoms in total. The van der Waals surface area contributed by atoms with Crippen molar-refractivity contribution < 1.29 is 0 Å². The molecule has 1 unspecified atom stereocenters. The predicted molar refractivity (Wildman–Crippen MR) is 185 cm³/mol. The molecule has 1 aliphatic heterocycles. The highest BCUT2D eigenvalue weighted by Gasteiger charge is 2.26. The molecule has 0 aromatic heterocycles. The maximum absolute atomic E-state index is 2.64. The lowest BCUT2D eigenvalue weighted by Crippen LogP contribution is -2.39. The first-order valence-corrected chi connectivity index (χ1v) is 18.6. The van der Waals surface area contributed by atoms with Gasteiger partial charge in [-0.3, -0.25) is 0 Å². The first kappa shape index (κ1) is 35.8. The Labute approximate surface area is 257 Å². The molecule has 1 aliphatic rings. The predicted octanol–water partition coefficient (Wildman–Crippen LogP) is 13.2. The number of unbranched alkanes of at least 4 members (excludes halogenated alkanes) is 24. The van der Waals surface area contributed by atoms with E-state index in [0.717, 1.165) is 0 Å². The van der Waals surface area contributed by atoms with E-state index in [2.05, 4.69) is 66.4 Å². The molecule has 0 saturated heterocycles. The minimum atomic E-state index is 0.502. The summed E-state index contributed by atoms with van der Waals surface area (Å²) in [4.78, 5) is 5.18. The molecule has 0 bridgehead atoms. The Balaban J connectivity index is 1.54. The van der Waals surface area contributed by atoms with Crippen LogP contribution in [0.2, 0.25) is 0 Å². The van der Waals surface area contributed by atoms with Crippen LogP contribution in [0.3, 0.4) is 0 Å². The number of anilines is 1. The van der Waals surface area contributed by atoms with Gasteiger partial charge >= 0.3 is 0 Å². The maximum Gasteiger partial charge on any atom is 0.105 e. The summed E-state index contributed by atoms with van der Waals surface area (Å²) in [5.41, 5.74) is 1.34. The molecular weight excluding hydrogens is 496 g/mol. The van der Waals surface area contributed by atoms with Gasteiger partial charge in [-0.05, 0) is 31.4 Å². The third-order valence-electron chi connectivity index (χ3n) is 9.26. The Morgan fingerprint density at radius 3 is 1.27 bits per heavy atom. The van der Waals surface area contributed by atoms with Crippen molar-refractivity contribution in [2.75, 3.05) is 11.4 Å². The fourth-order valence-corrected chi connectivity index (χ4v) is 6.56. The molecule has 41 heavy (non-hydrogen) atoms. The average molecular weight is 567 g/mol. The zero-order valence-corrected chi connectivity index (χ0v) is 27.8. The lowest BCUT2D eigenvalue weighted by Gasteiger charge is -2.33. The molecule has 1 heterocycles. The van der Waals surface area contributed by atoms with Gasteiger partial charge in [-0.15, -0.1) is 0 Å². The fraction of sp³-hybridized carbons (Fsp3) is 0.795. The number of rotatable bonds is 29. The highest BCUT2D eigenvalue weighted by atomic mass is 15.4. The van der Waals surface area contributed by atoms with Crippen LogP contribution in [0.5, 0.6) is 0 Å². The normalized spacial score (nSPS) is 14.9. The average Bonchev–Trinajstić information content (AvgIpc) is 3.40. The van der Waals surface area contributed by atoms with Gasteiger partial charge in [-0.1, -0.05) is 186 Å². The fourth-order valence-electron chi connectivity index (χ4n) is 6.56. The molecule has 236 valence electrons. The van der Waals surface area contributed by atoms with Crippen LogP contribution in [0.1, 0.15) is 187 Å². The molecule has 0 radical (unpaired) electrons. The summed E-state index contributed by atoms with van der Waals surface area (Å²) in [5, 5.41) is 0. The van der Waals surface area contributed by atoms with Crippen molar-refractivity contribution in [3.8, 4) is 0 Å². The Morgan fingerprint density at radius 1 is 0.439 bits per heavy atom. The van der Waals surface area contributed by atoms with E-state index in [1.807, 2.05) is 0 Å². The van der Waals surface area contributed by atoms with Crippen LogP contribution in [0.15, 0.2) is 42.7 Å². The number of hydrogen-bond acceptors (Lipinski definition) is 2. The molecule has 0 fully saturated rings. The summed E-state index contributed by atoms with van der Waals surface area (Å²) >= 11 is 0. The molecule has 2 rings (SSSR count). The Morgan fingerprint density at radius 2 is 0.829 bits per heavy atom. The molecule has 0 N–H and O–H groups in total. The Hall–Kier alpha value is -1.44. The van der Waals surface area contributed by atoms with Crippen molar-refractivity contribution in [3.05, 3.63) is 42.7 Å². The van der Waals surface area contributed by atoms with Crippen molar-refractivity contribution in [1.82, 2.24) is 4.90 Å². The van der Waals surface area contributed by atoms with E-state index in [1.165, 1.54) is 186 Å². The van der Waals surface area contributed by atoms with Crippen molar-refractivity contribution in [2.24, 2.45) is 0 Å². The van der Waals surface area contributed by atoms with Gasteiger partial charge in [-0.25, -0.2) is 0 Å². The molecular formula is C39H70N2. The van der Waals surface area contributed by atoms with Gasteiger partial charge < -0.3 is 9.80 Å². The monoisotopic (exact) mass is 567 g/mol. The van der Waals surface area contributed by atoms with Gasteiger partial charge in [0.2, 0.25) is 0 Å². The Bertz CT molecular complexity index is 699. The van der Waals surface area contributed by atoms with E-state index in [0.29, 0.717) is 6.17 Å². The van der Waals surface area contributed by atoms with Crippen LogP contribution in [0, 0.1) is 0 Å². The standard InChI is InChI=1S/C39H70N2/c1-3-5-7-9-11-13-15-17-18-20-22-24-26-31-35-40-36-37-41(38-32-28-27-29-33-38)39(40)34-30-25-23-21-19-16-14-12-10-8-6-4-2/h27-29,32-33,36-37,39H,3-26,30-31,34-35H2,1-2H3. The van der Waals surface area contributed by atoms with E-state index in [-0.39, 0.29) is 0 Å². The Kier molecular flexibility index (Phi) is 22.9. The van der Waals surface area contributed by atoms with Crippen molar-refractivity contribution in [3.63, 3.8) is 0 Å². The minimum absolute atomic E-state index is 0.502. The third kappa shape index (κ3) is 18.0. The summed E-state index contributed by atoms with van der Waals surface area (Å²) in [7, 11) is 0. The zero-order valence-electron chi connectivity index (χ0n) is 27.8. The first-order valence-electron chi connectivity index (χ1n) is 18.6. The van der Waals surface area contributed by atoms with E-state index < -0.39 is 0 Å². The minimum Gasteiger partial charge on any atom is -0.356 e. The van der Waals surface area contributed by atoms with Crippen LogP contribution in [0.4, 0.5) is 5.69 Å². The van der Waals surface area contributed by atoms with Crippen LogP contribution in [0.25, 0.3) is 0 Å². The highest BCUT2D eigenvalue weighted by Crippen LogP contribution is 2.28. The van der Waals surface area contributed by atoms with E-state index in [9.17, 15) is 0 Å². The summed E-state index contributed by atoms with van der Waals surface area (Å²) in [6, 6.07) is 11.0. The molecule has 1 aromatic carbocycles. The molecule has 2 heteroatoms. The second-order valence-corrected chi connectivity index (χ2v) is 13.0. The summed E-state index contributed by atoms with van der Waals surface area (Å²) in [5.74, 6) is 0. The smallest absolute Gasteiger partial charge is 0.105 e.